The fourth-order valence-electron chi connectivity index (χ4n) is 4.21. The second-order valence-electron chi connectivity index (χ2n) is 9.55. The molecule has 0 amide bonds. The molecule has 34 heavy (non-hydrogen) atoms. The van der Waals surface area contributed by atoms with Gasteiger partial charge in [0, 0.05) is 21.7 Å². The number of halogens is 3. The SMILES string of the molecule is CC(C)(C)[C@H]1CCc2c(sc(N=Cc3cc(I)c(OCc4ccccc4Cl)c(I)c3)c2C#N)C1. The first-order chi connectivity index (χ1) is 16.2. The average Bonchev–Trinajstić information content (AvgIpc) is 3.14. The third kappa shape index (κ3) is 5.80. The predicted molar refractivity (Wildman–Crippen MR) is 159 cm³/mol. The van der Waals surface area contributed by atoms with E-state index in [0.717, 1.165) is 53.8 Å². The number of thiophene rings is 1. The van der Waals surface area contributed by atoms with Crippen molar-refractivity contribution in [3.05, 3.63) is 75.7 Å². The molecule has 176 valence electrons. The van der Waals surface area contributed by atoms with Crippen molar-refractivity contribution in [2.45, 2.75) is 46.6 Å². The smallest absolute Gasteiger partial charge is 0.146 e. The van der Waals surface area contributed by atoms with Crippen LogP contribution < -0.4 is 4.74 Å². The van der Waals surface area contributed by atoms with E-state index in [9.17, 15) is 5.26 Å². The van der Waals surface area contributed by atoms with Crippen LogP contribution in [-0.2, 0) is 19.4 Å². The van der Waals surface area contributed by atoms with Crippen molar-refractivity contribution >= 4 is 79.3 Å². The summed E-state index contributed by atoms with van der Waals surface area (Å²) in [5.41, 5.74) is 4.20. The van der Waals surface area contributed by atoms with Crippen molar-refractivity contribution < 1.29 is 4.74 Å². The molecule has 0 bridgehead atoms. The van der Waals surface area contributed by atoms with Gasteiger partial charge in [-0.1, -0.05) is 50.6 Å². The third-order valence-electron chi connectivity index (χ3n) is 6.26. The Bertz CT molecular complexity index is 1260. The van der Waals surface area contributed by atoms with Crippen LogP contribution in [0.4, 0.5) is 5.00 Å². The molecule has 1 aliphatic carbocycles. The number of rotatable bonds is 5. The van der Waals surface area contributed by atoms with Gasteiger partial charge in [-0.2, -0.15) is 5.26 Å². The second-order valence-corrected chi connectivity index (χ2v) is 13.4. The van der Waals surface area contributed by atoms with Crippen molar-refractivity contribution in [3.8, 4) is 11.8 Å². The van der Waals surface area contributed by atoms with Gasteiger partial charge in [0.1, 0.15) is 23.4 Å². The quantitative estimate of drug-likeness (QED) is 0.196. The number of nitriles is 1. The van der Waals surface area contributed by atoms with Crippen molar-refractivity contribution in [1.82, 2.24) is 0 Å². The van der Waals surface area contributed by atoms with E-state index in [1.54, 1.807) is 11.3 Å². The Balaban J connectivity index is 1.54. The summed E-state index contributed by atoms with van der Waals surface area (Å²) in [5.74, 6) is 1.49. The number of hydrogen-bond donors (Lipinski definition) is 0. The largest absolute Gasteiger partial charge is 0.487 e. The maximum atomic E-state index is 9.84. The summed E-state index contributed by atoms with van der Waals surface area (Å²) in [6.07, 6.45) is 5.01. The molecule has 0 fully saturated rings. The molecule has 4 rings (SSSR count). The first kappa shape index (κ1) is 25.9. The van der Waals surface area contributed by atoms with E-state index < -0.39 is 0 Å². The third-order valence-corrected chi connectivity index (χ3v) is 9.40. The molecule has 7 heteroatoms. The lowest BCUT2D eigenvalue weighted by Gasteiger charge is -2.33. The van der Waals surface area contributed by atoms with Gasteiger partial charge in [0.15, 0.2) is 0 Å². The highest BCUT2D eigenvalue weighted by Gasteiger charge is 2.32. The lowest BCUT2D eigenvalue weighted by Crippen LogP contribution is -2.26. The van der Waals surface area contributed by atoms with Gasteiger partial charge in [-0.3, -0.25) is 0 Å². The number of ether oxygens (including phenoxy) is 1. The summed E-state index contributed by atoms with van der Waals surface area (Å²) in [4.78, 5) is 6.10. The normalized spacial score (nSPS) is 15.9. The molecule has 3 aromatic rings. The molecular formula is C27H25ClI2N2OS. The molecule has 0 unspecified atom stereocenters. The highest BCUT2D eigenvalue weighted by Crippen LogP contribution is 2.45. The molecular weight excluding hydrogens is 690 g/mol. The average molecular weight is 715 g/mol. The Labute approximate surface area is 237 Å². The van der Waals surface area contributed by atoms with Gasteiger partial charge in [-0.25, -0.2) is 4.99 Å². The molecule has 2 aromatic carbocycles. The lowest BCUT2D eigenvalue weighted by molar-refractivity contribution is 0.218. The van der Waals surface area contributed by atoms with Gasteiger partial charge >= 0.3 is 0 Å². The first-order valence-electron chi connectivity index (χ1n) is 11.1. The van der Waals surface area contributed by atoms with E-state index in [1.165, 1.54) is 10.4 Å². The zero-order valence-electron chi connectivity index (χ0n) is 19.3. The molecule has 1 heterocycles. The van der Waals surface area contributed by atoms with Crippen LogP contribution in [0.5, 0.6) is 5.75 Å². The van der Waals surface area contributed by atoms with E-state index >= 15 is 0 Å². The molecule has 1 aliphatic rings. The monoisotopic (exact) mass is 714 g/mol. The van der Waals surface area contributed by atoms with Gasteiger partial charge < -0.3 is 4.74 Å². The summed E-state index contributed by atoms with van der Waals surface area (Å²) < 4.78 is 8.12. The maximum Gasteiger partial charge on any atom is 0.146 e. The summed E-state index contributed by atoms with van der Waals surface area (Å²) in [6, 6.07) is 14.3. The highest BCUT2D eigenvalue weighted by atomic mass is 127. The van der Waals surface area contributed by atoms with Crippen molar-refractivity contribution in [1.29, 1.82) is 5.26 Å². The molecule has 0 aliphatic heterocycles. The molecule has 1 aromatic heterocycles. The Hall–Kier alpha value is -1.15. The predicted octanol–water partition coefficient (Wildman–Crippen LogP) is 8.96. The Morgan fingerprint density at radius 2 is 1.94 bits per heavy atom. The van der Waals surface area contributed by atoms with E-state index in [1.807, 2.05) is 30.5 Å². The highest BCUT2D eigenvalue weighted by molar-refractivity contribution is 14.1. The topological polar surface area (TPSA) is 45.4 Å². The van der Waals surface area contributed by atoms with E-state index in [0.29, 0.717) is 17.5 Å². The molecule has 0 saturated heterocycles. The standard InChI is InChI=1S/C27H25ClI2N2OS/c1-27(2,3)18-8-9-19-20(13-31)26(34-24(19)12-18)32-14-16-10-22(29)25(23(30)11-16)33-15-17-6-4-5-7-21(17)28/h4-7,10-11,14,18H,8-9,12,15H2,1-3H3/t18-/m0/s1. The lowest BCUT2D eigenvalue weighted by atomic mass is 9.72. The molecule has 1 atom stereocenters. The van der Waals surface area contributed by atoms with Crippen LogP contribution in [0, 0.1) is 29.8 Å². The van der Waals surface area contributed by atoms with Crippen molar-refractivity contribution in [2.75, 3.05) is 0 Å². The Kier molecular flexibility index (Phi) is 8.28. The van der Waals surface area contributed by atoms with E-state index in [4.69, 9.17) is 21.3 Å². The fourth-order valence-corrected chi connectivity index (χ4v) is 7.75. The van der Waals surface area contributed by atoms with Crippen LogP contribution in [0.1, 0.15) is 54.3 Å². The zero-order chi connectivity index (χ0) is 24.5. The van der Waals surface area contributed by atoms with Gasteiger partial charge in [-0.05, 0) is 105 Å². The molecule has 0 spiro atoms. The van der Waals surface area contributed by atoms with Crippen LogP contribution in [0.3, 0.4) is 0 Å². The first-order valence-corrected chi connectivity index (χ1v) is 14.5. The van der Waals surface area contributed by atoms with Crippen LogP contribution in [0.15, 0.2) is 41.4 Å². The van der Waals surface area contributed by atoms with Gasteiger partial charge in [-0.15, -0.1) is 11.3 Å². The number of nitrogens with zero attached hydrogens (tertiary/aromatic N) is 2. The number of fused-ring (bicyclic) bond motifs is 1. The number of hydrogen-bond acceptors (Lipinski definition) is 4. The van der Waals surface area contributed by atoms with E-state index in [2.05, 4.69) is 84.2 Å². The minimum Gasteiger partial charge on any atom is -0.487 e. The second kappa shape index (κ2) is 10.9. The van der Waals surface area contributed by atoms with E-state index in [-0.39, 0.29) is 5.41 Å². The summed E-state index contributed by atoms with van der Waals surface area (Å²) in [6.45, 7) is 7.35. The van der Waals surface area contributed by atoms with Crippen LogP contribution in [-0.4, -0.2) is 6.21 Å². The van der Waals surface area contributed by atoms with Gasteiger partial charge in [0.2, 0.25) is 0 Å². The molecule has 0 radical (unpaired) electrons. The maximum absolute atomic E-state index is 9.84. The Morgan fingerprint density at radius 1 is 1.24 bits per heavy atom. The minimum atomic E-state index is 0.279. The summed E-state index contributed by atoms with van der Waals surface area (Å²) in [5, 5.41) is 11.4. The van der Waals surface area contributed by atoms with Crippen LogP contribution in [0.25, 0.3) is 0 Å². The van der Waals surface area contributed by atoms with Crippen LogP contribution in [0.2, 0.25) is 5.02 Å². The number of benzene rings is 2. The van der Waals surface area contributed by atoms with Crippen molar-refractivity contribution in [2.24, 2.45) is 16.3 Å². The molecule has 3 nitrogen and oxygen atoms in total. The van der Waals surface area contributed by atoms with Gasteiger partial charge in [0.05, 0.1) is 12.7 Å². The van der Waals surface area contributed by atoms with Crippen LogP contribution >= 0.6 is 68.1 Å². The number of aliphatic imine (C=N–C) groups is 1. The fraction of sp³-hybridized carbons (Fsp3) is 0.333. The summed E-state index contributed by atoms with van der Waals surface area (Å²) in [7, 11) is 0. The summed E-state index contributed by atoms with van der Waals surface area (Å²) >= 11 is 12.5. The van der Waals surface area contributed by atoms with Gasteiger partial charge in [0.25, 0.3) is 0 Å². The zero-order valence-corrected chi connectivity index (χ0v) is 25.2. The van der Waals surface area contributed by atoms with Crippen molar-refractivity contribution in [3.63, 3.8) is 0 Å². The molecule has 0 N–H and O–H groups in total. The minimum absolute atomic E-state index is 0.279. The Morgan fingerprint density at radius 3 is 2.59 bits per heavy atom. The molecule has 0 saturated carbocycles.